The van der Waals surface area contributed by atoms with Crippen LogP contribution in [-0.2, 0) is 0 Å². The first kappa shape index (κ1) is 13.1. The number of rotatable bonds is 4. The maximum Gasteiger partial charge on any atom is 0.102 e. The SMILES string of the molecule is c1ccc(Sc2ccc(Sc3ccccn3)nc2)nc1. The molecule has 98 valence electrons. The number of nitrogens with zero attached hydrogens (tertiary/aromatic N) is 3. The first-order valence-corrected chi connectivity index (χ1v) is 7.67. The second-order valence-corrected chi connectivity index (χ2v) is 6.01. The van der Waals surface area contributed by atoms with E-state index in [1.807, 2.05) is 48.7 Å². The molecule has 3 aromatic heterocycles. The lowest BCUT2D eigenvalue weighted by molar-refractivity contribution is 1.06. The van der Waals surface area contributed by atoms with Gasteiger partial charge in [0.05, 0.1) is 0 Å². The fourth-order valence-electron chi connectivity index (χ4n) is 1.53. The Morgan fingerprint density at radius 3 is 1.80 bits per heavy atom. The Hall–Kier alpha value is -1.85. The minimum Gasteiger partial charge on any atom is -0.250 e. The first-order valence-electron chi connectivity index (χ1n) is 6.04. The summed E-state index contributed by atoms with van der Waals surface area (Å²) >= 11 is 3.16. The van der Waals surface area contributed by atoms with Gasteiger partial charge in [-0.05, 0) is 36.4 Å². The Kier molecular flexibility index (Phi) is 4.30. The molecule has 0 aliphatic rings. The molecule has 0 amide bonds. The summed E-state index contributed by atoms with van der Waals surface area (Å²) in [6, 6.07) is 15.8. The lowest BCUT2D eigenvalue weighted by atomic mass is 10.5. The number of hydrogen-bond acceptors (Lipinski definition) is 5. The predicted molar refractivity (Wildman–Crippen MR) is 81.0 cm³/mol. The fraction of sp³-hybridized carbons (Fsp3) is 0. The zero-order valence-corrected chi connectivity index (χ0v) is 12.1. The summed E-state index contributed by atoms with van der Waals surface area (Å²) in [5.74, 6) is 0. The zero-order valence-electron chi connectivity index (χ0n) is 10.5. The maximum atomic E-state index is 4.44. The standard InChI is InChI=1S/C15H11N3S2/c1-3-9-16-13(5-1)19-12-7-8-15(18-11-12)20-14-6-2-4-10-17-14/h1-11H. The summed E-state index contributed by atoms with van der Waals surface area (Å²) in [5.41, 5.74) is 0. The van der Waals surface area contributed by atoms with Crippen LogP contribution in [-0.4, -0.2) is 15.0 Å². The van der Waals surface area contributed by atoms with Gasteiger partial charge in [0, 0.05) is 23.5 Å². The molecule has 0 saturated heterocycles. The summed E-state index contributed by atoms with van der Waals surface area (Å²) in [7, 11) is 0. The summed E-state index contributed by atoms with van der Waals surface area (Å²) in [6.07, 6.45) is 5.44. The van der Waals surface area contributed by atoms with E-state index in [1.54, 1.807) is 35.9 Å². The molecule has 0 N–H and O–H groups in total. The molecule has 0 aliphatic heterocycles. The van der Waals surface area contributed by atoms with Crippen molar-refractivity contribution in [2.24, 2.45) is 0 Å². The normalized spacial score (nSPS) is 10.4. The van der Waals surface area contributed by atoms with E-state index in [9.17, 15) is 0 Å². The van der Waals surface area contributed by atoms with Gasteiger partial charge in [-0.15, -0.1) is 0 Å². The molecule has 0 atom stereocenters. The van der Waals surface area contributed by atoms with Crippen LogP contribution in [0.15, 0.2) is 87.1 Å². The van der Waals surface area contributed by atoms with Crippen LogP contribution in [0.25, 0.3) is 0 Å². The Morgan fingerprint density at radius 1 is 0.600 bits per heavy atom. The van der Waals surface area contributed by atoms with Gasteiger partial charge in [0.1, 0.15) is 15.1 Å². The molecule has 0 fully saturated rings. The molecular weight excluding hydrogens is 286 g/mol. The van der Waals surface area contributed by atoms with E-state index >= 15 is 0 Å². The number of hydrogen-bond donors (Lipinski definition) is 0. The Labute approximate surface area is 125 Å². The Morgan fingerprint density at radius 2 is 1.25 bits per heavy atom. The molecule has 0 saturated carbocycles. The van der Waals surface area contributed by atoms with Crippen LogP contribution in [0.2, 0.25) is 0 Å². The van der Waals surface area contributed by atoms with Gasteiger partial charge in [0.2, 0.25) is 0 Å². The van der Waals surface area contributed by atoms with Gasteiger partial charge in [-0.25, -0.2) is 15.0 Å². The van der Waals surface area contributed by atoms with Crippen molar-refractivity contribution in [3.8, 4) is 0 Å². The molecule has 0 aliphatic carbocycles. The number of aromatic nitrogens is 3. The minimum absolute atomic E-state index is 0.939. The van der Waals surface area contributed by atoms with Gasteiger partial charge < -0.3 is 0 Å². The molecule has 0 unspecified atom stereocenters. The molecule has 0 radical (unpaired) electrons. The highest BCUT2D eigenvalue weighted by Gasteiger charge is 2.02. The van der Waals surface area contributed by atoms with Gasteiger partial charge in [0.25, 0.3) is 0 Å². The van der Waals surface area contributed by atoms with E-state index in [4.69, 9.17) is 0 Å². The van der Waals surface area contributed by atoms with Gasteiger partial charge in [-0.3, -0.25) is 0 Å². The van der Waals surface area contributed by atoms with Gasteiger partial charge >= 0.3 is 0 Å². The lowest BCUT2D eigenvalue weighted by Gasteiger charge is -2.02. The van der Waals surface area contributed by atoms with Crippen LogP contribution in [0.5, 0.6) is 0 Å². The third kappa shape index (κ3) is 3.59. The van der Waals surface area contributed by atoms with Crippen LogP contribution >= 0.6 is 23.5 Å². The van der Waals surface area contributed by atoms with Crippen LogP contribution in [0.4, 0.5) is 0 Å². The molecular formula is C15H11N3S2. The van der Waals surface area contributed by atoms with E-state index in [2.05, 4.69) is 21.0 Å². The van der Waals surface area contributed by atoms with E-state index in [0.717, 1.165) is 20.0 Å². The van der Waals surface area contributed by atoms with Crippen LogP contribution < -0.4 is 0 Å². The van der Waals surface area contributed by atoms with Crippen molar-refractivity contribution in [3.63, 3.8) is 0 Å². The highest BCUT2D eigenvalue weighted by Crippen LogP contribution is 2.28. The van der Waals surface area contributed by atoms with Gasteiger partial charge in [-0.1, -0.05) is 35.7 Å². The highest BCUT2D eigenvalue weighted by atomic mass is 32.2. The van der Waals surface area contributed by atoms with Crippen LogP contribution in [0, 0.1) is 0 Å². The number of pyridine rings is 3. The van der Waals surface area contributed by atoms with Crippen LogP contribution in [0.3, 0.4) is 0 Å². The quantitative estimate of drug-likeness (QED) is 0.722. The second kappa shape index (κ2) is 6.54. The largest absolute Gasteiger partial charge is 0.250 e. The lowest BCUT2D eigenvalue weighted by Crippen LogP contribution is -1.83. The molecule has 0 spiro atoms. The van der Waals surface area contributed by atoms with Crippen molar-refractivity contribution in [3.05, 3.63) is 67.1 Å². The predicted octanol–water partition coefficient (Wildman–Crippen LogP) is 4.17. The Balaban J connectivity index is 1.69. The molecule has 3 nitrogen and oxygen atoms in total. The van der Waals surface area contributed by atoms with E-state index in [1.165, 1.54) is 0 Å². The monoisotopic (exact) mass is 297 g/mol. The van der Waals surface area contributed by atoms with E-state index in [-0.39, 0.29) is 0 Å². The fourth-order valence-corrected chi connectivity index (χ4v) is 2.99. The Bertz CT molecular complexity index is 597. The van der Waals surface area contributed by atoms with Crippen molar-refractivity contribution in [2.45, 2.75) is 20.0 Å². The highest BCUT2D eigenvalue weighted by molar-refractivity contribution is 7.99. The molecule has 0 aromatic carbocycles. The smallest absolute Gasteiger partial charge is 0.102 e. The topological polar surface area (TPSA) is 38.7 Å². The van der Waals surface area contributed by atoms with Crippen molar-refractivity contribution in [1.82, 2.24) is 15.0 Å². The average molecular weight is 297 g/mol. The minimum atomic E-state index is 0.939. The third-order valence-corrected chi connectivity index (χ3v) is 4.25. The van der Waals surface area contributed by atoms with E-state index in [0.29, 0.717) is 0 Å². The molecule has 5 heteroatoms. The summed E-state index contributed by atoms with van der Waals surface area (Å²) in [6.45, 7) is 0. The molecule has 0 bridgehead atoms. The zero-order chi connectivity index (χ0) is 13.6. The average Bonchev–Trinajstić information content (AvgIpc) is 2.51. The molecule has 3 rings (SSSR count). The van der Waals surface area contributed by atoms with Crippen molar-refractivity contribution in [1.29, 1.82) is 0 Å². The van der Waals surface area contributed by atoms with Crippen LogP contribution in [0.1, 0.15) is 0 Å². The first-order chi connectivity index (χ1) is 9.90. The third-order valence-electron chi connectivity index (χ3n) is 2.42. The summed E-state index contributed by atoms with van der Waals surface area (Å²) in [4.78, 5) is 14.1. The van der Waals surface area contributed by atoms with Crippen molar-refractivity contribution < 1.29 is 0 Å². The van der Waals surface area contributed by atoms with E-state index < -0.39 is 0 Å². The second-order valence-electron chi connectivity index (χ2n) is 3.87. The summed E-state index contributed by atoms with van der Waals surface area (Å²) < 4.78 is 0. The summed E-state index contributed by atoms with van der Waals surface area (Å²) in [5, 5.41) is 2.86. The molecule has 3 heterocycles. The van der Waals surface area contributed by atoms with Crippen molar-refractivity contribution >= 4 is 23.5 Å². The molecule has 20 heavy (non-hydrogen) atoms. The maximum absolute atomic E-state index is 4.44. The van der Waals surface area contributed by atoms with Crippen molar-refractivity contribution in [2.75, 3.05) is 0 Å². The molecule has 3 aromatic rings. The van der Waals surface area contributed by atoms with Gasteiger partial charge in [0.15, 0.2) is 0 Å². The van der Waals surface area contributed by atoms with Gasteiger partial charge in [-0.2, -0.15) is 0 Å².